The van der Waals surface area contributed by atoms with Gasteiger partial charge in [-0.2, -0.15) is 0 Å². The Morgan fingerprint density at radius 1 is 1.09 bits per heavy atom. The van der Waals surface area contributed by atoms with Gasteiger partial charge in [0.15, 0.2) is 0 Å². The van der Waals surface area contributed by atoms with E-state index in [9.17, 15) is 14.7 Å². The molecule has 2 aliphatic heterocycles. The molecule has 3 heterocycles. The van der Waals surface area contributed by atoms with Crippen molar-refractivity contribution in [1.29, 1.82) is 0 Å². The van der Waals surface area contributed by atoms with Crippen LogP contribution in [0, 0.1) is 0 Å². The zero-order valence-corrected chi connectivity index (χ0v) is 18.9. The Kier molecular flexibility index (Phi) is 5.96. The molecule has 2 aliphatic rings. The first kappa shape index (κ1) is 21.7. The number of benzene rings is 2. The van der Waals surface area contributed by atoms with Gasteiger partial charge < -0.3 is 19.3 Å². The number of aliphatic hydroxyl groups is 1. The summed E-state index contributed by atoms with van der Waals surface area (Å²) in [6.07, 6.45) is 1.90. The lowest BCUT2D eigenvalue weighted by molar-refractivity contribution is 0.0795. The summed E-state index contributed by atoms with van der Waals surface area (Å²) in [6.45, 7) is 1.07. The number of aliphatic hydroxyl groups excluding tert-OH is 1. The highest BCUT2D eigenvalue weighted by atomic mass is 35.5. The summed E-state index contributed by atoms with van der Waals surface area (Å²) in [5.41, 5.74) is 4.83. The van der Waals surface area contributed by atoms with E-state index in [0.29, 0.717) is 23.7 Å². The molecule has 0 bridgehead atoms. The number of halogens is 1. The van der Waals surface area contributed by atoms with E-state index in [1.807, 2.05) is 54.6 Å². The number of aromatic nitrogens is 1. The molecule has 170 valence electrons. The Morgan fingerprint density at radius 2 is 1.91 bits per heavy atom. The Hall–Kier alpha value is -3.09. The highest BCUT2D eigenvalue weighted by molar-refractivity contribution is 6.30. The Balaban J connectivity index is 1.58. The van der Waals surface area contributed by atoms with E-state index in [-0.39, 0.29) is 24.8 Å². The standard InChI is InChI=1S/C26H25ClN2O4/c27-20-9-8-18-10-12-29-24(22(18)14-20)19(13-23(25(29)31)17-5-2-1-3-6-17)16-33-26(32)28-11-4-7-21(28)15-30/h1-3,5-6,8-9,13-14,21,30H,4,7,10-12,15-16H2/t21-/m0/s1. The molecule has 7 heteroatoms. The first-order chi connectivity index (χ1) is 16.1. The maximum Gasteiger partial charge on any atom is 0.410 e. The smallest absolute Gasteiger partial charge is 0.410 e. The molecule has 1 amide bonds. The molecule has 1 fully saturated rings. The molecule has 0 spiro atoms. The maximum atomic E-state index is 13.5. The van der Waals surface area contributed by atoms with Crippen LogP contribution in [0.3, 0.4) is 0 Å². The van der Waals surface area contributed by atoms with Crippen molar-refractivity contribution in [1.82, 2.24) is 9.47 Å². The summed E-state index contributed by atoms with van der Waals surface area (Å²) in [4.78, 5) is 27.8. The number of likely N-dealkylation sites (tertiary alicyclic amines) is 1. The quantitative estimate of drug-likeness (QED) is 0.617. The highest BCUT2D eigenvalue weighted by Crippen LogP contribution is 2.35. The van der Waals surface area contributed by atoms with Gasteiger partial charge in [-0.25, -0.2) is 4.79 Å². The number of ether oxygens (including phenoxy) is 1. The van der Waals surface area contributed by atoms with Crippen LogP contribution >= 0.6 is 11.6 Å². The van der Waals surface area contributed by atoms with Gasteiger partial charge in [-0.1, -0.05) is 48.0 Å². The monoisotopic (exact) mass is 464 g/mol. The maximum absolute atomic E-state index is 13.5. The molecule has 5 rings (SSSR count). The third-order valence-electron chi connectivity index (χ3n) is 6.56. The molecule has 2 aromatic carbocycles. The summed E-state index contributed by atoms with van der Waals surface area (Å²) in [7, 11) is 0. The van der Waals surface area contributed by atoms with Gasteiger partial charge in [0.05, 0.1) is 18.3 Å². The Labute approximate surface area is 197 Å². The van der Waals surface area contributed by atoms with Crippen LogP contribution in [0.2, 0.25) is 5.02 Å². The van der Waals surface area contributed by atoms with Crippen LogP contribution < -0.4 is 5.56 Å². The van der Waals surface area contributed by atoms with Crippen LogP contribution in [-0.2, 0) is 24.3 Å². The fourth-order valence-corrected chi connectivity index (χ4v) is 5.07. The fraction of sp³-hybridized carbons (Fsp3) is 0.308. The van der Waals surface area contributed by atoms with Crippen molar-refractivity contribution in [3.05, 3.63) is 81.1 Å². The van der Waals surface area contributed by atoms with Gasteiger partial charge in [-0.05, 0) is 48.6 Å². The minimum atomic E-state index is -0.445. The Bertz CT molecular complexity index is 1260. The van der Waals surface area contributed by atoms with E-state index < -0.39 is 6.09 Å². The second-order valence-electron chi connectivity index (χ2n) is 8.53. The second-order valence-corrected chi connectivity index (χ2v) is 8.97. The van der Waals surface area contributed by atoms with Crippen molar-refractivity contribution in [2.75, 3.05) is 13.2 Å². The predicted octanol–water partition coefficient (Wildman–Crippen LogP) is 4.49. The number of nitrogens with zero attached hydrogens (tertiary/aromatic N) is 2. The van der Waals surface area contributed by atoms with Gasteiger partial charge in [-0.3, -0.25) is 4.79 Å². The van der Waals surface area contributed by atoms with E-state index >= 15 is 0 Å². The molecule has 1 saturated heterocycles. The molecule has 33 heavy (non-hydrogen) atoms. The van der Waals surface area contributed by atoms with E-state index in [2.05, 4.69) is 0 Å². The number of pyridine rings is 1. The predicted molar refractivity (Wildman–Crippen MR) is 127 cm³/mol. The lowest BCUT2D eigenvalue weighted by Gasteiger charge is -2.27. The molecule has 3 aromatic rings. The van der Waals surface area contributed by atoms with Gasteiger partial charge in [0.1, 0.15) is 6.61 Å². The average molecular weight is 465 g/mol. The number of carbonyl (C=O) groups excluding carboxylic acids is 1. The van der Waals surface area contributed by atoms with E-state index in [1.165, 1.54) is 0 Å². The minimum Gasteiger partial charge on any atom is -0.444 e. The van der Waals surface area contributed by atoms with Crippen molar-refractivity contribution in [3.8, 4) is 22.4 Å². The normalized spacial score (nSPS) is 16.9. The minimum absolute atomic E-state index is 0.0227. The van der Waals surface area contributed by atoms with Gasteiger partial charge in [0.25, 0.3) is 5.56 Å². The zero-order chi connectivity index (χ0) is 22.9. The lowest BCUT2D eigenvalue weighted by Crippen LogP contribution is -2.38. The van der Waals surface area contributed by atoms with Crippen molar-refractivity contribution < 1.29 is 14.6 Å². The molecule has 1 aromatic heterocycles. The van der Waals surface area contributed by atoms with Crippen LogP contribution in [0.4, 0.5) is 4.79 Å². The highest BCUT2D eigenvalue weighted by Gasteiger charge is 2.30. The van der Waals surface area contributed by atoms with Crippen LogP contribution in [-0.4, -0.2) is 39.9 Å². The van der Waals surface area contributed by atoms with Gasteiger partial charge >= 0.3 is 6.09 Å². The van der Waals surface area contributed by atoms with Crippen molar-refractivity contribution >= 4 is 17.7 Å². The van der Waals surface area contributed by atoms with Gasteiger partial charge in [0.2, 0.25) is 0 Å². The van der Waals surface area contributed by atoms with Crippen LogP contribution in [0.5, 0.6) is 0 Å². The number of hydrogen-bond donors (Lipinski definition) is 1. The van der Waals surface area contributed by atoms with E-state index in [0.717, 1.165) is 47.2 Å². The van der Waals surface area contributed by atoms with E-state index in [4.69, 9.17) is 16.3 Å². The number of carbonyl (C=O) groups is 1. The topological polar surface area (TPSA) is 71.8 Å². The van der Waals surface area contributed by atoms with Gasteiger partial charge in [0, 0.05) is 34.8 Å². The number of hydrogen-bond acceptors (Lipinski definition) is 4. The molecular weight excluding hydrogens is 440 g/mol. The van der Waals surface area contributed by atoms with Crippen molar-refractivity contribution in [2.24, 2.45) is 0 Å². The second kappa shape index (κ2) is 9.04. The molecule has 0 unspecified atom stereocenters. The van der Waals surface area contributed by atoms with Crippen molar-refractivity contribution in [3.63, 3.8) is 0 Å². The molecule has 0 radical (unpaired) electrons. The summed E-state index contributed by atoms with van der Waals surface area (Å²) in [5.74, 6) is 0. The summed E-state index contributed by atoms with van der Waals surface area (Å²) in [6, 6.07) is 16.9. The van der Waals surface area contributed by atoms with Crippen LogP contribution in [0.1, 0.15) is 24.0 Å². The first-order valence-electron chi connectivity index (χ1n) is 11.2. The SMILES string of the molecule is O=C(OCc1cc(-c2ccccc2)c(=O)n2c1-c1cc(Cl)ccc1CC2)N1CCC[C@H]1CO. The molecule has 0 aliphatic carbocycles. The zero-order valence-electron chi connectivity index (χ0n) is 18.2. The van der Waals surface area contributed by atoms with Crippen LogP contribution in [0.25, 0.3) is 22.4 Å². The van der Waals surface area contributed by atoms with Crippen LogP contribution in [0.15, 0.2) is 59.4 Å². The average Bonchev–Trinajstić information content (AvgIpc) is 3.33. The summed E-state index contributed by atoms with van der Waals surface area (Å²) >= 11 is 6.30. The fourth-order valence-electron chi connectivity index (χ4n) is 4.90. The first-order valence-corrected chi connectivity index (χ1v) is 11.6. The third kappa shape index (κ3) is 4.05. The van der Waals surface area contributed by atoms with Gasteiger partial charge in [-0.15, -0.1) is 0 Å². The van der Waals surface area contributed by atoms with E-state index in [1.54, 1.807) is 9.47 Å². The lowest BCUT2D eigenvalue weighted by atomic mass is 9.92. The number of amides is 1. The third-order valence-corrected chi connectivity index (χ3v) is 6.79. The summed E-state index contributed by atoms with van der Waals surface area (Å²) < 4.78 is 7.49. The molecule has 0 saturated carbocycles. The molecule has 1 N–H and O–H groups in total. The number of fused-ring (bicyclic) bond motifs is 3. The molecule has 1 atom stereocenters. The van der Waals surface area contributed by atoms with Crippen molar-refractivity contribution in [2.45, 2.75) is 38.5 Å². The summed E-state index contributed by atoms with van der Waals surface area (Å²) in [5, 5.41) is 10.1. The number of rotatable bonds is 4. The number of aryl methyl sites for hydroxylation is 1. The molecular formula is C26H25ClN2O4. The Morgan fingerprint density at radius 3 is 2.70 bits per heavy atom. The largest absolute Gasteiger partial charge is 0.444 e. The molecule has 6 nitrogen and oxygen atoms in total.